The molecule has 2 aromatic carbocycles. The summed E-state index contributed by atoms with van der Waals surface area (Å²) in [5, 5.41) is 7.95. The highest BCUT2D eigenvalue weighted by atomic mass is 19.1. The molecule has 0 aliphatic carbocycles. The summed E-state index contributed by atoms with van der Waals surface area (Å²) in [7, 11) is 0. The van der Waals surface area contributed by atoms with Crippen LogP contribution in [-0.2, 0) is 14.4 Å². The Hall–Kier alpha value is -3.26. The van der Waals surface area contributed by atoms with E-state index < -0.39 is 17.8 Å². The van der Waals surface area contributed by atoms with Crippen LogP contribution in [0.1, 0.15) is 20.8 Å². The van der Waals surface area contributed by atoms with E-state index in [1.54, 1.807) is 48.2 Å². The van der Waals surface area contributed by atoms with Gasteiger partial charge in [-0.15, -0.1) is 0 Å². The number of nitrogens with one attached hydrogen (secondary N) is 3. The lowest BCUT2D eigenvalue weighted by atomic mass is 10.2. The smallest absolute Gasteiger partial charge is 0.241 e. The molecule has 1 atom stereocenters. The van der Waals surface area contributed by atoms with Crippen molar-refractivity contribution in [2.75, 3.05) is 29.0 Å². The molecular weight excluding hydrogens is 375 g/mol. The number of carbonyl (C=O) groups excluding carboxylic acids is 3. The first kappa shape index (κ1) is 22.0. The Morgan fingerprint density at radius 2 is 1.55 bits per heavy atom. The third kappa shape index (κ3) is 6.69. The Labute approximate surface area is 169 Å². The van der Waals surface area contributed by atoms with Crippen molar-refractivity contribution >= 4 is 34.8 Å². The van der Waals surface area contributed by atoms with Gasteiger partial charge in [-0.05, 0) is 49.9 Å². The normalized spacial score (nSPS) is 11.6. The first-order valence-electron chi connectivity index (χ1n) is 9.27. The minimum atomic E-state index is -0.632. The van der Waals surface area contributed by atoms with Crippen LogP contribution in [0.5, 0.6) is 0 Å². The predicted molar refractivity (Wildman–Crippen MR) is 111 cm³/mol. The Morgan fingerprint density at radius 1 is 0.966 bits per heavy atom. The monoisotopic (exact) mass is 400 g/mol. The maximum absolute atomic E-state index is 13.7. The van der Waals surface area contributed by atoms with Gasteiger partial charge in [-0.2, -0.15) is 0 Å². The second-order valence-corrected chi connectivity index (χ2v) is 6.51. The fraction of sp³-hybridized carbons (Fsp3) is 0.286. The molecule has 0 unspecified atom stereocenters. The first-order valence-corrected chi connectivity index (χ1v) is 9.27. The number of likely N-dealkylation sites (N-methyl/N-ethyl adjacent to an activating group) is 1. The maximum atomic E-state index is 13.7. The lowest BCUT2D eigenvalue weighted by Crippen LogP contribution is -2.45. The summed E-state index contributed by atoms with van der Waals surface area (Å²) < 4.78 is 13.7. The molecule has 0 spiro atoms. The van der Waals surface area contributed by atoms with E-state index in [0.29, 0.717) is 17.9 Å². The molecule has 7 nitrogen and oxygen atoms in total. The van der Waals surface area contributed by atoms with Gasteiger partial charge >= 0.3 is 0 Å². The molecule has 3 amide bonds. The number of para-hydroxylation sites is 1. The highest BCUT2D eigenvalue weighted by Gasteiger charge is 2.23. The lowest BCUT2D eigenvalue weighted by Gasteiger charge is -2.26. The molecule has 0 bridgehead atoms. The number of nitrogens with zero attached hydrogens (tertiary/aromatic N) is 1. The number of hydrogen-bond donors (Lipinski definition) is 3. The molecule has 0 radical (unpaired) electrons. The molecule has 0 aliphatic rings. The van der Waals surface area contributed by atoms with Crippen molar-refractivity contribution < 1.29 is 18.8 Å². The summed E-state index contributed by atoms with van der Waals surface area (Å²) in [4.78, 5) is 37.5. The van der Waals surface area contributed by atoms with Crippen LogP contribution in [0.25, 0.3) is 0 Å². The number of halogens is 1. The zero-order chi connectivity index (χ0) is 21.4. The molecule has 29 heavy (non-hydrogen) atoms. The van der Waals surface area contributed by atoms with Gasteiger partial charge in [0.25, 0.3) is 0 Å². The fourth-order valence-electron chi connectivity index (χ4n) is 2.71. The van der Waals surface area contributed by atoms with Crippen molar-refractivity contribution in [1.29, 1.82) is 0 Å². The number of benzene rings is 2. The number of hydrogen-bond acceptors (Lipinski definition) is 4. The van der Waals surface area contributed by atoms with Gasteiger partial charge in [-0.3, -0.25) is 19.3 Å². The molecule has 0 saturated carbocycles. The Morgan fingerprint density at radius 3 is 2.10 bits per heavy atom. The van der Waals surface area contributed by atoms with E-state index >= 15 is 0 Å². The van der Waals surface area contributed by atoms with Gasteiger partial charge in [0.05, 0.1) is 18.3 Å². The van der Waals surface area contributed by atoms with Crippen LogP contribution in [0.2, 0.25) is 0 Å². The van der Waals surface area contributed by atoms with E-state index in [2.05, 4.69) is 16.0 Å². The minimum absolute atomic E-state index is 0.00416. The van der Waals surface area contributed by atoms with Crippen LogP contribution in [0.3, 0.4) is 0 Å². The summed E-state index contributed by atoms with van der Waals surface area (Å²) in [6, 6.07) is 12.0. The molecule has 2 aromatic rings. The van der Waals surface area contributed by atoms with E-state index in [4.69, 9.17) is 0 Å². The van der Waals surface area contributed by atoms with Gasteiger partial charge in [0.1, 0.15) is 5.82 Å². The predicted octanol–water partition coefficient (Wildman–Crippen LogP) is 3.07. The van der Waals surface area contributed by atoms with Crippen LogP contribution < -0.4 is 16.0 Å². The second-order valence-electron chi connectivity index (χ2n) is 6.51. The third-order valence-electron chi connectivity index (χ3n) is 4.30. The number of carbonyl (C=O) groups is 3. The zero-order valence-corrected chi connectivity index (χ0v) is 16.7. The van der Waals surface area contributed by atoms with Gasteiger partial charge in [-0.25, -0.2) is 4.39 Å². The summed E-state index contributed by atoms with van der Waals surface area (Å²) in [6.07, 6.45) is 0. The SMILES string of the molecule is CCN(CC(=O)Nc1ccc(NC(C)=O)cc1)[C@H](C)C(=O)Nc1ccccc1F. The van der Waals surface area contributed by atoms with Crippen LogP contribution in [0.4, 0.5) is 21.5 Å². The quantitative estimate of drug-likeness (QED) is 0.635. The standard InChI is InChI=1S/C21H25FN4O3/c1-4-26(14(2)21(29)25-19-8-6-5-7-18(19)22)13-20(28)24-17-11-9-16(10-12-17)23-15(3)27/h5-12,14H,4,13H2,1-3H3,(H,23,27)(H,24,28)(H,25,29)/t14-/m1/s1. The molecule has 8 heteroatoms. The lowest BCUT2D eigenvalue weighted by molar-refractivity contribution is -0.123. The van der Waals surface area contributed by atoms with Crippen LogP contribution in [0.15, 0.2) is 48.5 Å². The van der Waals surface area contributed by atoms with Crippen molar-refractivity contribution in [2.24, 2.45) is 0 Å². The van der Waals surface area contributed by atoms with Crippen LogP contribution in [0, 0.1) is 5.82 Å². The van der Waals surface area contributed by atoms with E-state index in [0.717, 1.165) is 0 Å². The molecule has 0 fully saturated rings. The molecule has 2 rings (SSSR count). The van der Waals surface area contributed by atoms with Gasteiger partial charge in [-0.1, -0.05) is 19.1 Å². The number of rotatable bonds is 8. The van der Waals surface area contributed by atoms with E-state index in [9.17, 15) is 18.8 Å². The Bertz CT molecular complexity index is 870. The zero-order valence-electron chi connectivity index (χ0n) is 16.7. The molecule has 3 N–H and O–H groups in total. The van der Waals surface area contributed by atoms with Gasteiger partial charge in [0.2, 0.25) is 17.7 Å². The minimum Gasteiger partial charge on any atom is -0.326 e. The van der Waals surface area contributed by atoms with Gasteiger partial charge < -0.3 is 16.0 Å². The largest absolute Gasteiger partial charge is 0.326 e. The summed E-state index contributed by atoms with van der Waals surface area (Å²) in [6.45, 7) is 5.37. The molecule has 0 saturated heterocycles. The van der Waals surface area contributed by atoms with Crippen LogP contribution in [-0.4, -0.2) is 41.8 Å². The summed E-state index contributed by atoms with van der Waals surface area (Å²) in [5.74, 6) is -1.38. The first-order chi connectivity index (χ1) is 13.8. The van der Waals surface area contributed by atoms with Crippen molar-refractivity contribution in [3.05, 3.63) is 54.3 Å². The summed E-state index contributed by atoms with van der Waals surface area (Å²) >= 11 is 0. The number of anilines is 3. The van der Waals surface area contributed by atoms with Crippen molar-refractivity contribution in [3.63, 3.8) is 0 Å². The van der Waals surface area contributed by atoms with E-state index in [1.165, 1.54) is 19.1 Å². The van der Waals surface area contributed by atoms with Crippen molar-refractivity contribution in [2.45, 2.75) is 26.8 Å². The van der Waals surface area contributed by atoms with Crippen molar-refractivity contribution in [3.8, 4) is 0 Å². The highest BCUT2D eigenvalue weighted by Crippen LogP contribution is 2.15. The Kier molecular flexibility index (Phi) is 7.85. The highest BCUT2D eigenvalue weighted by molar-refractivity contribution is 5.96. The molecule has 0 aliphatic heterocycles. The van der Waals surface area contributed by atoms with E-state index in [-0.39, 0.29) is 24.0 Å². The van der Waals surface area contributed by atoms with Gasteiger partial charge in [0, 0.05) is 18.3 Å². The van der Waals surface area contributed by atoms with Crippen LogP contribution >= 0.6 is 0 Å². The maximum Gasteiger partial charge on any atom is 0.241 e. The Balaban J connectivity index is 1.93. The molecular formula is C21H25FN4O3. The fourth-order valence-corrected chi connectivity index (χ4v) is 2.71. The molecule has 0 heterocycles. The number of amides is 3. The van der Waals surface area contributed by atoms with Crippen molar-refractivity contribution in [1.82, 2.24) is 4.90 Å². The topological polar surface area (TPSA) is 90.5 Å². The van der Waals surface area contributed by atoms with Gasteiger partial charge in [0.15, 0.2) is 0 Å². The molecule has 154 valence electrons. The third-order valence-corrected chi connectivity index (χ3v) is 4.30. The average molecular weight is 400 g/mol. The second kappa shape index (κ2) is 10.3. The van der Waals surface area contributed by atoms with E-state index in [1.807, 2.05) is 6.92 Å². The molecule has 0 aromatic heterocycles. The summed E-state index contributed by atoms with van der Waals surface area (Å²) in [5.41, 5.74) is 1.30. The average Bonchev–Trinajstić information content (AvgIpc) is 2.68.